The van der Waals surface area contributed by atoms with Gasteiger partial charge in [0.25, 0.3) is 0 Å². The standard InChI is InChI=1S/C27H36ClN5O7/c1-15(34)37-13-20-22(38-16(2)35)23(39-17(3)36)26(40-20)33-14-29-21-24(30-27(28)31-25(21)33)32-11-9-19(10-12-32)18-7-5-4-6-8-18/h14,18-20,22-23,26H,4-13H2,1-3H3/t20-,22?,23?,26-/m1/s1. The molecule has 0 spiro atoms. The molecule has 12 nitrogen and oxygen atoms in total. The van der Waals surface area contributed by atoms with Crippen molar-refractivity contribution in [1.82, 2.24) is 19.5 Å². The number of hydrogen-bond donors (Lipinski definition) is 0. The van der Waals surface area contributed by atoms with E-state index in [2.05, 4.69) is 19.9 Å². The first kappa shape index (κ1) is 28.5. The Kier molecular flexibility index (Phi) is 8.74. The third-order valence-corrected chi connectivity index (χ3v) is 8.32. The van der Waals surface area contributed by atoms with E-state index in [0.717, 1.165) is 37.8 Å². The van der Waals surface area contributed by atoms with Gasteiger partial charge in [0.2, 0.25) is 5.28 Å². The van der Waals surface area contributed by atoms with E-state index >= 15 is 0 Å². The van der Waals surface area contributed by atoms with Gasteiger partial charge in [-0.05, 0) is 36.3 Å². The first-order valence-corrected chi connectivity index (χ1v) is 14.4. The smallest absolute Gasteiger partial charge is 0.303 e. The third kappa shape index (κ3) is 6.17. The molecule has 0 amide bonds. The van der Waals surface area contributed by atoms with Gasteiger partial charge in [-0.3, -0.25) is 19.0 Å². The number of ether oxygens (including phenoxy) is 4. The Morgan fingerprint density at radius 1 is 0.925 bits per heavy atom. The minimum atomic E-state index is -1.05. The van der Waals surface area contributed by atoms with E-state index in [1.807, 2.05) is 0 Å². The van der Waals surface area contributed by atoms with Crippen LogP contribution in [0.1, 0.15) is 71.9 Å². The average Bonchev–Trinajstić information content (AvgIpc) is 3.48. The van der Waals surface area contributed by atoms with Gasteiger partial charge in [0.1, 0.15) is 12.7 Å². The summed E-state index contributed by atoms with van der Waals surface area (Å²) in [7, 11) is 0. The number of rotatable bonds is 7. The molecule has 1 saturated carbocycles. The number of esters is 3. The molecular formula is C27H36ClN5O7. The van der Waals surface area contributed by atoms with Crippen molar-refractivity contribution >= 4 is 46.5 Å². The zero-order chi connectivity index (χ0) is 28.4. The molecule has 1 aliphatic carbocycles. The first-order chi connectivity index (χ1) is 19.2. The van der Waals surface area contributed by atoms with Crippen LogP contribution in [-0.2, 0) is 33.3 Å². The van der Waals surface area contributed by atoms with E-state index in [0.29, 0.717) is 17.0 Å². The average molecular weight is 578 g/mol. The molecule has 3 fully saturated rings. The molecule has 2 aromatic heterocycles. The zero-order valence-corrected chi connectivity index (χ0v) is 23.8. The summed E-state index contributed by atoms with van der Waals surface area (Å²) >= 11 is 6.42. The summed E-state index contributed by atoms with van der Waals surface area (Å²) in [5.41, 5.74) is 0.930. The summed E-state index contributed by atoms with van der Waals surface area (Å²) in [4.78, 5) is 51.3. The highest BCUT2D eigenvalue weighted by molar-refractivity contribution is 6.28. The van der Waals surface area contributed by atoms with Gasteiger partial charge < -0.3 is 23.8 Å². The second-order valence-electron chi connectivity index (χ2n) is 10.9. The van der Waals surface area contributed by atoms with Gasteiger partial charge in [0.05, 0.1) is 6.33 Å². The minimum absolute atomic E-state index is 0.0497. The molecule has 218 valence electrons. The number of aromatic nitrogens is 4. The lowest BCUT2D eigenvalue weighted by Gasteiger charge is -2.38. The van der Waals surface area contributed by atoms with E-state index in [4.69, 9.17) is 30.5 Å². The van der Waals surface area contributed by atoms with Crippen molar-refractivity contribution in [1.29, 1.82) is 0 Å². The second-order valence-corrected chi connectivity index (χ2v) is 11.2. The topological polar surface area (TPSA) is 135 Å². The number of piperidine rings is 1. The summed E-state index contributed by atoms with van der Waals surface area (Å²) in [6, 6.07) is 0. The van der Waals surface area contributed by atoms with Crippen LogP contribution in [0.25, 0.3) is 11.2 Å². The van der Waals surface area contributed by atoms with Crippen LogP contribution in [0.15, 0.2) is 6.33 Å². The van der Waals surface area contributed by atoms with Crippen molar-refractivity contribution in [2.45, 2.75) is 90.3 Å². The van der Waals surface area contributed by atoms with Crippen molar-refractivity contribution in [3.8, 4) is 0 Å². The Morgan fingerprint density at radius 3 is 2.23 bits per heavy atom. The van der Waals surface area contributed by atoms with Crippen LogP contribution in [0.4, 0.5) is 5.82 Å². The molecule has 0 radical (unpaired) electrons. The van der Waals surface area contributed by atoms with Gasteiger partial charge >= 0.3 is 17.9 Å². The number of halogens is 1. The molecule has 13 heteroatoms. The van der Waals surface area contributed by atoms with Crippen molar-refractivity contribution in [2.24, 2.45) is 11.8 Å². The normalized spacial score (nSPS) is 26.1. The number of carbonyl (C=O) groups is 3. The highest BCUT2D eigenvalue weighted by Crippen LogP contribution is 2.39. The van der Waals surface area contributed by atoms with Gasteiger partial charge in [-0.15, -0.1) is 0 Å². The Balaban J connectivity index is 1.43. The molecule has 0 N–H and O–H groups in total. The fourth-order valence-corrected chi connectivity index (χ4v) is 6.55. The fraction of sp³-hybridized carbons (Fsp3) is 0.704. The van der Waals surface area contributed by atoms with Crippen LogP contribution >= 0.6 is 11.6 Å². The lowest BCUT2D eigenvalue weighted by atomic mass is 9.76. The van der Waals surface area contributed by atoms with E-state index in [1.54, 1.807) is 4.57 Å². The van der Waals surface area contributed by atoms with E-state index in [1.165, 1.54) is 59.2 Å². The number of anilines is 1. The van der Waals surface area contributed by atoms with Crippen LogP contribution in [-0.4, -0.2) is 75.4 Å². The molecule has 3 aliphatic rings. The highest BCUT2D eigenvalue weighted by Gasteiger charge is 2.51. The number of fused-ring (bicyclic) bond motifs is 1. The summed E-state index contributed by atoms with van der Waals surface area (Å²) < 4.78 is 24.0. The van der Waals surface area contributed by atoms with Crippen molar-refractivity contribution < 1.29 is 33.3 Å². The van der Waals surface area contributed by atoms with Crippen molar-refractivity contribution in [3.63, 3.8) is 0 Å². The lowest BCUT2D eigenvalue weighted by Crippen LogP contribution is -2.40. The Bertz CT molecular complexity index is 1240. The Morgan fingerprint density at radius 2 is 1.57 bits per heavy atom. The maximum atomic E-state index is 12.1. The van der Waals surface area contributed by atoms with E-state index in [-0.39, 0.29) is 11.9 Å². The van der Waals surface area contributed by atoms with Crippen LogP contribution in [0.5, 0.6) is 0 Å². The van der Waals surface area contributed by atoms with Crippen LogP contribution in [0, 0.1) is 11.8 Å². The van der Waals surface area contributed by atoms with Gasteiger partial charge in [-0.1, -0.05) is 32.1 Å². The number of nitrogens with zero attached hydrogens (tertiary/aromatic N) is 5. The molecule has 2 unspecified atom stereocenters. The number of imidazole rings is 1. The maximum Gasteiger partial charge on any atom is 0.303 e. The van der Waals surface area contributed by atoms with Crippen LogP contribution in [0.2, 0.25) is 5.28 Å². The predicted molar refractivity (Wildman–Crippen MR) is 143 cm³/mol. The summed E-state index contributed by atoms with van der Waals surface area (Å²) in [5.74, 6) is 0.465. The Labute approximate surface area is 237 Å². The first-order valence-electron chi connectivity index (χ1n) is 14.0. The SMILES string of the molecule is CC(=O)OC[C@H]1O[C@@H](n2cnc3c(N4CCC(C5CCCCC5)CC4)nc(Cl)nc32)C(OC(C)=O)C1OC(C)=O. The molecule has 4 heterocycles. The summed E-state index contributed by atoms with van der Waals surface area (Å²) in [6.45, 7) is 5.26. The predicted octanol–water partition coefficient (Wildman–Crippen LogP) is 3.60. The van der Waals surface area contributed by atoms with Gasteiger partial charge in [-0.2, -0.15) is 9.97 Å². The lowest BCUT2D eigenvalue weighted by molar-refractivity contribution is -0.166. The quantitative estimate of drug-likeness (QED) is 0.271. The highest BCUT2D eigenvalue weighted by atomic mass is 35.5. The minimum Gasteiger partial charge on any atom is -0.463 e. The zero-order valence-electron chi connectivity index (χ0n) is 23.1. The molecular weight excluding hydrogens is 542 g/mol. The van der Waals surface area contributed by atoms with Crippen LogP contribution in [0.3, 0.4) is 0 Å². The molecule has 2 saturated heterocycles. The molecule has 5 rings (SSSR count). The fourth-order valence-electron chi connectivity index (χ4n) is 6.39. The van der Waals surface area contributed by atoms with Gasteiger partial charge in [-0.25, -0.2) is 4.98 Å². The summed E-state index contributed by atoms with van der Waals surface area (Å²) in [5, 5.41) is 0.0497. The molecule has 0 bridgehead atoms. The van der Waals surface area contributed by atoms with E-state index < -0.39 is 42.4 Å². The molecule has 2 aliphatic heterocycles. The summed E-state index contributed by atoms with van der Waals surface area (Å²) in [6.07, 6.45) is 6.44. The molecule has 4 atom stereocenters. The van der Waals surface area contributed by atoms with E-state index in [9.17, 15) is 14.4 Å². The van der Waals surface area contributed by atoms with Crippen LogP contribution < -0.4 is 4.90 Å². The third-order valence-electron chi connectivity index (χ3n) is 8.15. The van der Waals surface area contributed by atoms with Crippen molar-refractivity contribution in [3.05, 3.63) is 11.6 Å². The van der Waals surface area contributed by atoms with Gasteiger partial charge in [0.15, 0.2) is 35.4 Å². The number of hydrogen-bond acceptors (Lipinski definition) is 11. The maximum absolute atomic E-state index is 12.1. The van der Waals surface area contributed by atoms with Gasteiger partial charge in [0, 0.05) is 33.9 Å². The largest absolute Gasteiger partial charge is 0.463 e. The number of carbonyl (C=O) groups excluding carboxylic acids is 3. The molecule has 40 heavy (non-hydrogen) atoms. The monoisotopic (exact) mass is 577 g/mol. The van der Waals surface area contributed by atoms with Crippen molar-refractivity contribution in [2.75, 3.05) is 24.6 Å². The second kappa shape index (κ2) is 12.3. The molecule has 0 aromatic carbocycles. The molecule has 2 aromatic rings. The Hall–Kier alpha value is -2.99.